The van der Waals surface area contributed by atoms with Gasteiger partial charge >= 0.3 is 17.9 Å². The molecule has 0 amide bonds. The van der Waals surface area contributed by atoms with E-state index in [0.29, 0.717) is 19.3 Å². The van der Waals surface area contributed by atoms with Gasteiger partial charge in [0.1, 0.15) is 13.2 Å². The van der Waals surface area contributed by atoms with Crippen molar-refractivity contribution in [1.29, 1.82) is 0 Å². The molecule has 6 heteroatoms. The molecule has 0 aromatic carbocycles. The van der Waals surface area contributed by atoms with Gasteiger partial charge in [0.15, 0.2) is 6.10 Å². The number of esters is 3. The van der Waals surface area contributed by atoms with E-state index in [1.165, 1.54) is 225 Å². The molecule has 2 atom stereocenters. The molecule has 0 fully saturated rings. The first kappa shape index (κ1) is 64.4. The van der Waals surface area contributed by atoms with Crippen LogP contribution in [0.1, 0.15) is 336 Å². The maximum atomic E-state index is 12.9. The van der Waals surface area contributed by atoms with Gasteiger partial charge in [0.05, 0.1) is 0 Å². The first-order valence-electron chi connectivity index (χ1n) is 29.8. The number of carbonyl (C=O) groups is 3. The van der Waals surface area contributed by atoms with Gasteiger partial charge in [-0.1, -0.05) is 298 Å². The number of carbonyl (C=O) groups excluding carboxylic acids is 3. The van der Waals surface area contributed by atoms with E-state index < -0.39 is 6.10 Å². The highest BCUT2D eigenvalue weighted by Gasteiger charge is 2.19. The van der Waals surface area contributed by atoms with Crippen LogP contribution in [0.15, 0.2) is 0 Å². The number of unbranched alkanes of at least 4 members (excludes halogenated alkanes) is 38. The van der Waals surface area contributed by atoms with Gasteiger partial charge in [0, 0.05) is 19.3 Å². The first-order valence-corrected chi connectivity index (χ1v) is 29.8. The molecule has 0 bridgehead atoms. The molecule has 0 aliphatic heterocycles. The fourth-order valence-corrected chi connectivity index (χ4v) is 9.20. The summed E-state index contributed by atoms with van der Waals surface area (Å²) >= 11 is 0. The summed E-state index contributed by atoms with van der Waals surface area (Å²) in [6, 6.07) is 0. The highest BCUT2D eigenvalue weighted by Crippen LogP contribution is 2.19. The van der Waals surface area contributed by atoms with Gasteiger partial charge in [0.2, 0.25) is 0 Å². The molecule has 0 aromatic rings. The van der Waals surface area contributed by atoms with Gasteiger partial charge in [-0.3, -0.25) is 14.4 Å². The summed E-state index contributed by atoms with van der Waals surface area (Å²) in [7, 11) is 0. The quantitative estimate of drug-likeness (QED) is 0.0343. The molecule has 1 unspecified atom stereocenters. The van der Waals surface area contributed by atoms with Crippen LogP contribution in [0.25, 0.3) is 0 Å². The van der Waals surface area contributed by atoms with Crippen LogP contribution in [0.3, 0.4) is 0 Å². The second kappa shape index (κ2) is 52.8. The molecular formula is C60H116O6. The van der Waals surface area contributed by atoms with Crippen LogP contribution in [0.2, 0.25) is 0 Å². The molecule has 0 aliphatic carbocycles. The van der Waals surface area contributed by atoms with Crippen molar-refractivity contribution in [2.45, 2.75) is 343 Å². The zero-order chi connectivity index (χ0) is 48.2. The van der Waals surface area contributed by atoms with Crippen LogP contribution in [-0.4, -0.2) is 37.2 Å². The lowest BCUT2D eigenvalue weighted by molar-refractivity contribution is -0.167. The van der Waals surface area contributed by atoms with E-state index in [2.05, 4.69) is 34.6 Å². The molecular weight excluding hydrogens is 817 g/mol. The van der Waals surface area contributed by atoms with E-state index in [9.17, 15) is 14.4 Å². The highest BCUT2D eigenvalue weighted by molar-refractivity contribution is 5.71. The Morgan fingerprint density at radius 2 is 0.576 bits per heavy atom. The molecule has 0 heterocycles. The zero-order valence-electron chi connectivity index (χ0n) is 45.3. The summed E-state index contributed by atoms with van der Waals surface area (Å²) < 4.78 is 16.9. The molecule has 0 aromatic heterocycles. The molecule has 392 valence electrons. The summed E-state index contributed by atoms with van der Waals surface area (Å²) in [6.07, 6.45) is 56.6. The van der Waals surface area contributed by atoms with Gasteiger partial charge < -0.3 is 14.2 Å². The minimum Gasteiger partial charge on any atom is -0.462 e. The van der Waals surface area contributed by atoms with Crippen molar-refractivity contribution in [3.8, 4) is 0 Å². The molecule has 0 saturated carbocycles. The van der Waals surface area contributed by atoms with Gasteiger partial charge in [0.25, 0.3) is 0 Å². The monoisotopic (exact) mass is 933 g/mol. The van der Waals surface area contributed by atoms with Crippen molar-refractivity contribution < 1.29 is 28.6 Å². The summed E-state index contributed by atoms with van der Waals surface area (Å²) in [5.74, 6) is 0.884. The lowest BCUT2D eigenvalue weighted by Crippen LogP contribution is -2.30. The Labute approximate surface area is 412 Å². The van der Waals surface area contributed by atoms with Crippen molar-refractivity contribution in [1.82, 2.24) is 0 Å². The third-order valence-corrected chi connectivity index (χ3v) is 14.1. The minimum atomic E-state index is -0.763. The predicted molar refractivity (Wildman–Crippen MR) is 284 cm³/mol. The molecule has 0 aliphatic rings. The largest absolute Gasteiger partial charge is 0.462 e. The van der Waals surface area contributed by atoms with Gasteiger partial charge in [-0.05, 0) is 31.1 Å². The van der Waals surface area contributed by atoms with Gasteiger partial charge in [-0.25, -0.2) is 0 Å². The van der Waals surface area contributed by atoms with Crippen molar-refractivity contribution in [2.24, 2.45) is 11.8 Å². The van der Waals surface area contributed by atoms with Crippen molar-refractivity contribution >= 4 is 17.9 Å². The van der Waals surface area contributed by atoms with Crippen LogP contribution in [0.5, 0.6) is 0 Å². The highest BCUT2D eigenvalue weighted by atomic mass is 16.6. The van der Waals surface area contributed by atoms with Crippen molar-refractivity contribution in [2.75, 3.05) is 13.2 Å². The molecule has 0 N–H and O–H groups in total. The van der Waals surface area contributed by atoms with E-state index in [4.69, 9.17) is 14.2 Å². The maximum absolute atomic E-state index is 12.9. The lowest BCUT2D eigenvalue weighted by atomic mass is 9.99. The molecule has 0 rings (SSSR count). The van der Waals surface area contributed by atoms with E-state index >= 15 is 0 Å². The van der Waals surface area contributed by atoms with E-state index in [1.54, 1.807) is 0 Å². The van der Waals surface area contributed by atoms with Crippen molar-refractivity contribution in [3.63, 3.8) is 0 Å². The second-order valence-corrected chi connectivity index (χ2v) is 21.4. The average Bonchev–Trinajstić information content (AvgIpc) is 3.30. The first-order chi connectivity index (χ1) is 32.3. The van der Waals surface area contributed by atoms with E-state index in [1.807, 2.05) is 0 Å². The third kappa shape index (κ3) is 51.8. The molecule has 0 radical (unpaired) electrons. The molecule has 0 saturated heterocycles. The van der Waals surface area contributed by atoms with Crippen LogP contribution < -0.4 is 0 Å². The van der Waals surface area contributed by atoms with Gasteiger partial charge in [-0.15, -0.1) is 0 Å². The topological polar surface area (TPSA) is 78.9 Å². The fourth-order valence-electron chi connectivity index (χ4n) is 9.20. The number of ether oxygens (including phenoxy) is 3. The molecule has 66 heavy (non-hydrogen) atoms. The van der Waals surface area contributed by atoms with Crippen LogP contribution in [-0.2, 0) is 28.6 Å². The van der Waals surface area contributed by atoms with Crippen LogP contribution in [0.4, 0.5) is 0 Å². The Kier molecular flexibility index (Phi) is 51.5. The Morgan fingerprint density at radius 1 is 0.318 bits per heavy atom. The number of hydrogen-bond acceptors (Lipinski definition) is 6. The third-order valence-electron chi connectivity index (χ3n) is 14.1. The van der Waals surface area contributed by atoms with E-state index in [0.717, 1.165) is 69.6 Å². The fraction of sp³-hybridized carbons (Fsp3) is 0.950. The average molecular weight is 934 g/mol. The smallest absolute Gasteiger partial charge is 0.306 e. The Bertz CT molecular complexity index is 1010. The normalized spacial score (nSPS) is 12.5. The SMILES string of the molecule is CCCCCCCCCCCCCCCCCC(=O)OC[C@H](COC(=O)CCCCCCCCCCCCC(C)CC)OC(=O)CCCCCCCCCCCCCCCCCCC(C)C. The molecule has 6 nitrogen and oxygen atoms in total. The Hall–Kier alpha value is -1.59. The number of hydrogen-bond donors (Lipinski definition) is 0. The Balaban J connectivity index is 4.29. The summed E-state index contributed by atoms with van der Waals surface area (Å²) in [5.41, 5.74) is 0. The van der Waals surface area contributed by atoms with Crippen molar-refractivity contribution in [3.05, 3.63) is 0 Å². The molecule has 0 spiro atoms. The summed E-state index contributed by atoms with van der Waals surface area (Å²) in [4.78, 5) is 38.2. The Morgan fingerprint density at radius 3 is 0.864 bits per heavy atom. The summed E-state index contributed by atoms with van der Waals surface area (Å²) in [5, 5.41) is 0. The standard InChI is InChI=1S/C60H116O6/c1-6-8-9-10-11-12-13-14-17-21-24-30-35-40-45-50-58(61)64-53-57(54-65-59(62)51-46-41-36-31-27-26-29-34-39-44-49-56(5)7-2)66-60(63)52-47-42-37-32-25-22-19-16-15-18-20-23-28-33-38-43-48-55(3)4/h55-57H,6-54H2,1-5H3/t56?,57-/m1/s1. The van der Waals surface area contributed by atoms with Crippen LogP contribution in [0, 0.1) is 11.8 Å². The number of rotatable bonds is 54. The maximum Gasteiger partial charge on any atom is 0.306 e. The van der Waals surface area contributed by atoms with Gasteiger partial charge in [-0.2, -0.15) is 0 Å². The zero-order valence-corrected chi connectivity index (χ0v) is 45.3. The summed E-state index contributed by atoms with van der Waals surface area (Å²) in [6.45, 7) is 11.5. The second-order valence-electron chi connectivity index (χ2n) is 21.4. The predicted octanol–water partition coefficient (Wildman–Crippen LogP) is 19.7. The van der Waals surface area contributed by atoms with Crippen LogP contribution >= 0.6 is 0 Å². The van der Waals surface area contributed by atoms with E-state index in [-0.39, 0.29) is 31.1 Å². The minimum absolute atomic E-state index is 0.0625. The lowest BCUT2D eigenvalue weighted by Gasteiger charge is -2.18.